The van der Waals surface area contributed by atoms with E-state index in [9.17, 15) is 4.39 Å². The Morgan fingerprint density at radius 3 is 3.00 bits per heavy atom. The molecule has 0 fully saturated rings. The van der Waals surface area contributed by atoms with Crippen molar-refractivity contribution in [3.63, 3.8) is 0 Å². The van der Waals surface area contributed by atoms with Crippen LogP contribution in [-0.4, -0.2) is 21.7 Å². The first-order chi connectivity index (χ1) is 7.81. The van der Waals surface area contributed by atoms with Crippen LogP contribution in [0.1, 0.15) is 4.88 Å². The molecule has 2 rings (SSSR count). The molecule has 0 aliphatic carbocycles. The number of nitrogens with zero attached hydrogens (tertiary/aromatic N) is 2. The number of aliphatic hydroxyl groups excluding tert-OH is 1. The Kier molecular flexibility index (Phi) is 3.38. The highest BCUT2D eigenvalue weighted by Crippen LogP contribution is 2.30. The van der Waals surface area contributed by atoms with Crippen molar-refractivity contribution in [1.82, 2.24) is 9.97 Å². The number of thiophene rings is 1. The number of hydrogen-bond acceptors (Lipinski definition) is 4. The molecule has 0 spiro atoms. The minimum Gasteiger partial charge on any atom is -0.392 e. The van der Waals surface area contributed by atoms with Gasteiger partial charge in [0.15, 0.2) is 0 Å². The molecule has 0 aliphatic rings. The second-order valence-electron chi connectivity index (χ2n) is 2.99. The standard InChI is InChI=1S/C11H9FN2OS/c12-8(4-6-15)10-1-2-11(16-10)9-3-5-13-7-14-9/h1-5,7,15H,6H2. The van der Waals surface area contributed by atoms with Crippen molar-refractivity contribution in [2.45, 2.75) is 0 Å². The number of rotatable bonds is 3. The zero-order valence-corrected chi connectivity index (χ0v) is 9.12. The maximum Gasteiger partial charge on any atom is 0.138 e. The smallest absolute Gasteiger partial charge is 0.138 e. The molecule has 1 N–H and O–H groups in total. The van der Waals surface area contributed by atoms with Crippen LogP contribution in [0, 0.1) is 0 Å². The van der Waals surface area contributed by atoms with Crippen LogP contribution in [0.2, 0.25) is 0 Å². The molecule has 0 unspecified atom stereocenters. The second-order valence-corrected chi connectivity index (χ2v) is 4.08. The molecular weight excluding hydrogens is 227 g/mol. The van der Waals surface area contributed by atoms with Crippen molar-refractivity contribution in [2.24, 2.45) is 0 Å². The summed E-state index contributed by atoms with van der Waals surface area (Å²) >= 11 is 1.29. The lowest BCUT2D eigenvalue weighted by Crippen LogP contribution is -1.79. The summed E-state index contributed by atoms with van der Waals surface area (Å²) < 4.78 is 13.3. The molecule has 0 radical (unpaired) electrons. The Morgan fingerprint density at radius 1 is 1.44 bits per heavy atom. The van der Waals surface area contributed by atoms with E-state index in [0.717, 1.165) is 16.6 Å². The van der Waals surface area contributed by atoms with E-state index in [0.29, 0.717) is 4.88 Å². The van der Waals surface area contributed by atoms with E-state index >= 15 is 0 Å². The Bertz CT molecular complexity index is 496. The van der Waals surface area contributed by atoms with E-state index in [2.05, 4.69) is 9.97 Å². The van der Waals surface area contributed by atoms with Gasteiger partial charge in [0, 0.05) is 6.20 Å². The minimum absolute atomic E-state index is 0.299. The summed E-state index contributed by atoms with van der Waals surface area (Å²) in [6.07, 6.45) is 4.23. The van der Waals surface area contributed by atoms with Crippen LogP contribution < -0.4 is 0 Å². The van der Waals surface area contributed by atoms with Gasteiger partial charge in [0.1, 0.15) is 12.2 Å². The Balaban J connectivity index is 2.30. The van der Waals surface area contributed by atoms with Crippen LogP contribution in [-0.2, 0) is 0 Å². The zero-order valence-electron chi connectivity index (χ0n) is 8.30. The summed E-state index contributed by atoms with van der Waals surface area (Å²) in [6, 6.07) is 5.24. The highest BCUT2D eigenvalue weighted by atomic mass is 32.1. The van der Waals surface area contributed by atoms with Gasteiger partial charge in [-0.25, -0.2) is 14.4 Å². The number of hydrogen-bond donors (Lipinski definition) is 1. The summed E-state index contributed by atoms with van der Waals surface area (Å²) in [5.41, 5.74) is 0.767. The van der Waals surface area contributed by atoms with Crippen molar-refractivity contribution in [1.29, 1.82) is 0 Å². The SMILES string of the molecule is OCC=C(F)c1ccc(-c2ccncn2)s1. The Hall–Kier alpha value is -1.59. The molecule has 0 amide bonds. The largest absolute Gasteiger partial charge is 0.392 e. The van der Waals surface area contributed by atoms with Crippen LogP contribution in [0.15, 0.2) is 36.8 Å². The summed E-state index contributed by atoms with van der Waals surface area (Å²) in [7, 11) is 0. The van der Waals surface area contributed by atoms with Crippen LogP contribution in [0.4, 0.5) is 4.39 Å². The lowest BCUT2D eigenvalue weighted by molar-refractivity contribution is 0.342. The lowest BCUT2D eigenvalue weighted by Gasteiger charge is -1.93. The minimum atomic E-state index is -0.409. The molecule has 2 heterocycles. The van der Waals surface area contributed by atoms with E-state index < -0.39 is 5.83 Å². The summed E-state index contributed by atoms with van der Waals surface area (Å²) in [6.45, 7) is -0.299. The predicted molar refractivity (Wildman–Crippen MR) is 61.5 cm³/mol. The van der Waals surface area contributed by atoms with Gasteiger partial charge in [0.05, 0.1) is 22.1 Å². The van der Waals surface area contributed by atoms with E-state index in [1.807, 2.05) is 0 Å². The zero-order chi connectivity index (χ0) is 11.4. The van der Waals surface area contributed by atoms with Gasteiger partial charge in [-0.3, -0.25) is 0 Å². The molecule has 82 valence electrons. The molecule has 2 aromatic heterocycles. The molecule has 0 saturated carbocycles. The maximum absolute atomic E-state index is 13.3. The van der Waals surface area contributed by atoms with E-state index in [1.165, 1.54) is 17.7 Å². The molecule has 3 nitrogen and oxygen atoms in total. The third-order valence-electron chi connectivity index (χ3n) is 1.95. The normalized spacial score (nSPS) is 11.8. The van der Waals surface area contributed by atoms with Crippen molar-refractivity contribution >= 4 is 17.2 Å². The topological polar surface area (TPSA) is 46.0 Å². The number of aliphatic hydroxyl groups is 1. The third-order valence-corrected chi connectivity index (χ3v) is 3.06. The Labute approximate surface area is 95.9 Å². The van der Waals surface area contributed by atoms with Crippen molar-refractivity contribution in [3.05, 3.63) is 41.7 Å². The highest BCUT2D eigenvalue weighted by Gasteiger charge is 2.06. The quantitative estimate of drug-likeness (QED) is 0.890. The summed E-state index contributed by atoms with van der Waals surface area (Å²) in [5, 5.41) is 8.59. The first kappa shape index (κ1) is 10.9. The Morgan fingerprint density at radius 2 is 2.31 bits per heavy atom. The maximum atomic E-state index is 13.3. The van der Waals surface area contributed by atoms with Crippen LogP contribution in [0.3, 0.4) is 0 Å². The van der Waals surface area contributed by atoms with Gasteiger partial charge in [0.2, 0.25) is 0 Å². The fraction of sp³-hybridized carbons (Fsp3) is 0.0909. The molecular formula is C11H9FN2OS. The predicted octanol–water partition coefficient (Wildman–Crippen LogP) is 2.51. The third kappa shape index (κ3) is 2.32. The van der Waals surface area contributed by atoms with E-state index in [4.69, 9.17) is 5.11 Å². The van der Waals surface area contributed by atoms with Gasteiger partial charge >= 0.3 is 0 Å². The van der Waals surface area contributed by atoms with Gasteiger partial charge in [-0.2, -0.15) is 0 Å². The van der Waals surface area contributed by atoms with Gasteiger partial charge in [-0.1, -0.05) is 0 Å². The number of halogens is 1. The van der Waals surface area contributed by atoms with E-state index in [-0.39, 0.29) is 6.61 Å². The fourth-order valence-electron chi connectivity index (χ4n) is 1.22. The van der Waals surface area contributed by atoms with Gasteiger partial charge in [-0.05, 0) is 24.3 Å². The molecule has 0 atom stereocenters. The molecule has 0 aromatic carbocycles. The monoisotopic (exact) mass is 236 g/mol. The average Bonchev–Trinajstić information content (AvgIpc) is 2.80. The van der Waals surface area contributed by atoms with Gasteiger partial charge in [-0.15, -0.1) is 11.3 Å². The van der Waals surface area contributed by atoms with Crippen LogP contribution >= 0.6 is 11.3 Å². The molecule has 0 bridgehead atoms. The van der Waals surface area contributed by atoms with Gasteiger partial charge in [0.25, 0.3) is 0 Å². The molecule has 2 aromatic rings. The summed E-state index contributed by atoms with van der Waals surface area (Å²) in [4.78, 5) is 9.26. The molecule has 5 heteroatoms. The lowest BCUT2D eigenvalue weighted by atomic mass is 10.3. The molecule has 0 aliphatic heterocycles. The van der Waals surface area contributed by atoms with Crippen LogP contribution in [0.25, 0.3) is 16.4 Å². The first-order valence-corrected chi connectivity index (χ1v) is 5.46. The van der Waals surface area contributed by atoms with Crippen molar-refractivity contribution < 1.29 is 9.50 Å². The second kappa shape index (κ2) is 4.96. The average molecular weight is 236 g/mol. The highest BCUT2D eigenvalue weighted by molar-refractivity contribution is 7.16. The first-order valence-electron chi connectivity index (χ1n) is 4.64. The molecule has 0 saturated heterocycles. The fourth-order valence-corrected chi connectivity index (χ4v) is 2.14. The number of aromatic nitrogens is 2. The van der Waals surface area contributed by atoms with E-state index in [1.54, 1.807) is 24.4 Å². The molecule has 16 heavy (non-hydrogen) atoms. The van der Waals surface area contributed by atoms with Crippen LogP contribution in [0.5, 0.6) is 0 Å². The van der Waals surface area contributed by atoms with Gasteiger partial charge < -0.3 is 5.11 Å². The van der Waals surface area contributed by atoms with Crippen molar-refractivity contribution in [2.75, 3.05) is 6.61 Å². The summed E-state index contributed by atoms with van der Waals surface area (Å²) in [5.74, 6) is -0.409. The van der Waals surface area contributed by atoms with Crippen molar-refractivity contribution in [3.8, 4) is 10.6 Å².